The number of aromatic nitrogens is 2. The lowest BCUT2D eigenvalue weighted by Gasteiger charge is -2.12. The Bertz CT molecular complexity index is 1280. The third-order valence-electron chi connectivity index (χ3n) is 4.79. The van der Waals surface area contributed by atoms with E-state index in [9.17, 15) is 32.6 Å². The number of alkyl halides is 3. The number of aliphatic hydroxyl groups excluding tert-OH is 1. The van der Waals surface area contributed by atoms with Crippen molar-refractivity contribution in [1.29, 1.82) is 0 Å². The molecule has 0 radical (unpaired) electrons. The zero-order chi connectivity index (χ0) is 22.3. The maximum Gasteiger partial charge on any atom is 0.417 e. The fourth-order valence-corrected chi connectivity index (χ4v) is 3.33. The van der Waals surface area contributed by atoms with Gasteiger partial charge in [0.1, 0.15) is 11.5 Å². The van der Waals surface area contributed by atoms with Gasteiger partial charge in [-0.1, -0.05) is 48.5 Å². The van der Waals surface area contributed by atoms with E-state index in [0.29, 0.717) is 17.0 Å². The van der Waals surface area contributed by atoms with E-state index < -0.39 is 35.3 Å². The fraction of sp³-hybridized carbons (Fsp3) is 0.0909. The van der Waals surface area contributed by atoms with E-state index in [4.69, 9.17) is 0 Å². The first-order chi connectivity index (χ1) is 14.7. The lowest BCUT2D eigenvalue weighted by Crippen LogP contribution is -2.21. The minimum absolute atomic E-state index is 0.199. The van der Waals surface area contributed by atoms with Crippen molar-refractivity contribution in [2.45, 2.75) is 12.5 Å². The molecule has 0 aliphatic heterocycles. The highest BCUT2D eigenvalue weighted by Crippen LogP contribution is 2.35. The fourth-order valence-electron chi connectivity index (χ4n) is 3.33. The van der Waals surface area contributed by atoms with Crippen molar-refractivity contribution in [3.05, 3.63) is 89.2 Å². The summed E-state index contributed by atoms with van der Waals surface area (Å²) in [5.41, 5.74) is -1.33. The van der Waals surface area contributed by atoms with E-state index in [2.05, 4.69) is 5.10 Å². The summed E-state index contributed by atoms with van der Waals surface area (Å²) in [5.74, 6) is -2.56. The predicted octanol–water partition coefficient (Wildman–Crippen LogP) is 4.53. The van der Waals surface area contributed by atoms with Gasteiger partial charge < -0.3 is 10.2 Å². The van der Waals surface area contributed by atoms with Crippen LogP contribution in [0.25, 0.3) is 22.2 Å². The number of aliphatic hydroxyl groups is 2. The number of halogens is 4. The van der Waals surface area contributed by atoms with Gasteiger partial charge in [0.2, 0.25) is 0 Å². The number of para-hydroxylation sites is 1. The second-order valence-electron chi connectivity index (χ2n) is 6.74. The van der Waals surface area contributed by atoms with Gasteiger partial charge >= 0.3 is 6.18 Å². The standard InChI is InChI=1S/C22H14F4N2O3/c23-16-6-3-5-15(22(24,25)26)18(16)20(29)28-17-7-2-1-4-14(17)19(27-28)12-8-10-13(11-9-12)21(30)31/h1-11,21,30-31H. The van der Waals surface area contributed by atoms with E-state index in [-0.39, 0.29) is 16.8 Å². The SMILES string of the molecule is O=C(c1c(F)cccc1C(F)(F)F)n1nc(-c2ccc(C(O)O)cc2)c2ccccc21. The Hall–Kier alpha value is -3.56. The van der Waals surface area contributed by atoms with Crippen LogP contribution >= 0.6 is 0 Å². The Balaban J connectivity index is 1.90. The van der Waals surface area contributed by atoms with Crippen molar-refractivity contribution in [2.24, 2.45) is 0 Å². The molecule has 5 nitrogen and oxygen atoms in total. The molecule has 0 saturated carbocycles. The molecular weight excluding hydrogens is 416 g/mol. The van der Waals surface area contributed by atoms with E-state index in [1.54, 1.807) is 18.2 Å². The number of nitrogens with zero attached hydrogens (tertiary/aromatic N) is 2. The molecule has 4 aromatic rings. The van der Waals surface area contributed by atoms with Crippen molar-refractivity contribution in [1.82, 2.24) is 9.78 Å². The minimum Gasteiger partial charge on any atom is -0.364 e. The van der Waals surface area contributed by atoms with Gasteiger partial charge in [-0.25, -0.2) is 4.39 Å². The first kappa shape index (κ1) is 20.7. The molecule has 1 aromatic heterocycles. The monoisotopic (exact) mass is 430 g/mol. The molecular formula is C22H14F4N2O3. The Morgan fingerprint density at radius 2 is 1.61 bits per heavy atom. The van der Waals surface area contributed by atoms with Crippen LogP contribution in [0.1, 0.15) is 27.8 Å². The van der Waals surface area contributed by atoms with Gasteiger partial charge in [-0.3, -0.25) is 4.79 Å². The Morgan fingerprint density at radius 1 is 0.935 bits per heavy atom. The van der Waals surface area contributed by atoms with E-state index in [1.165, 1.54) is 30.3 Å². The van der Waals surface area contributed by atoms with Crippen LogP contribution in [0, 0.1) is 5.82 Å². The van der Waals surface area contributed by atoms with Gasteiger partial charge in [0.15, 0.2) is 6.29 Å². The second kappa shape index (κ2) is 7.60. The summed E-state index contributed by atoms with van der Waals surface area (Å²) >= 11 is 0. The molecule has 0 aliphatic carbocycles. The molecule has 0 bridgehead atoms. The van der Waals surface area contributed by atoms with E-state index in [0.717, 1.165) is 16.8 Å². The second-order valence-corrected chi connectivity index (χ2v) is 6.74. The Labute approximate surface area is 172 Å². The first-order valence-electron chi connectivity index (χ1n) is 9.03. The highest BCUT2D eigenvalue weighted by molar-refractivity contribution is 6.05. The number of fused-ring (bicyclic) bond motifs is 1. The van der Waals surface area contributed by atoms with Gasteiger partial charge in [0.25, 0.3) is 5.91 Å². The summed E-state index contributed by atoms with van der Waals surface area (Å²) in [4.78, 5) is 13.0. The lowest BCUT2D eigenvalue weighted by atomic mass is 10.0. The van der Waals surface area contributed by atoms with Crippen molar-refractivity contribution < 1.29 is 32.6 Å². The molecule has 4 rings (SSSR count). The highest BCUT2D eigenvalue weighted by Gasteiger charge is 2.37. The lowest BCUT2D eigenvalue weighted by molar-refractivity contribution is -0.138. The van der Waals surface area contributed by atoms with Crippen LogP contribution in [0.3, 0.4) is 0 Å². The molecule has 1 heterocycles. The summed E-state index contributed by atoms with van der Waals surface area (Å²) in [5, 5.41) is 23.1. The molecule has 0 unspecified atom stereocenters. The van der Waals surface area contributed by atoms with Gasteiger partial charge in [0.05, 0.1) is 16.6 Å². The average molecular weight is 430 g/mol. The molecule has 0 saturated heterocycles. The van der Waals surface area contributed by atoms with Gasteiger partial charge in [-0.15, -0.1) is 0 Å². The number of rotatable bonds is 3. The molecule has 0 spiro atoms. The maximum absolute atomic E-state index is 14.4. The number of hydrogen-bond donors (Lipinski definition) is 2. The summed E-state index contributed by atoms with van der Waals surface area (Å²) < 4.78 is 55.3. The zero-order valence-electron chi connectivity index (χ0n) is 15.6. The smallest absolute Gasteiger partial charge is 0.364 e. The number of carbonyl (C=O) groups is 1. The minimum atomic E-state index is -4.93. The summed E-state index contributed by atoms with van der Waals surface area (Å²) in [7, 11) is 0. The highest BCUT2D eigenvalue weighted by atomic mass is 19.4. The van der Waals surface area contributed by atoms with Gasteiger partial charge in [-0.05, 0) is 18.2 Å². The molecule has 158 valence electrons. The number of carbonyl (C=O) groups excluding carboxylic acids is 1. The molecule has 3 aromatic carbocycles. The third-order valence-corrected chi connectivity index (χ3v) is 4.79. The number of benzene rings is 3. The molecule has 0 atom stereocenters. The molecule has 2 N–H and O–H groups in total. The van der Waals surface area contributed by atoms with Crippen LogP contribution in [0.2, 0.25) is 0 Å². The average Bonchev–Trinajstić information content (AvgIpc) is 3.12. The van der Waals surface area contributed by atoms with Crippen LogP contribution < -0.4 is 0 Å². The molecule has 9 heteroatoms. The van der Waals surface area contributed by atoms with Crippen molar-refractivity contribution in [3.8, 4) is 11.3 Å². The Kier molecular flexibility index (Phi) is 5.08. The van der Waals surface area contributed by atoms with E-state index >= 15 is 0 Å². The quantitative estimate of drug-likeness (QED) is 0.370. The topological polar surface area (TPSA) is 75.4 Å². The Morgan fingerprint density at radius 3 is 2.26 bits per heavy atom. The molecule has 31 heavy (non-hydrogen) atoms. The van der Waals surface area contributed by atoms with Crippen molar-refractivity contribution in [2.75, 3.05) is 0 Å². The summed E-state index contributed by atoms with van der Waals surface area (Å²) in [6.45, 7) is 0. The first-order valence-corrected chi connectivity index (χ1v) is 9.03. The maximum atomic E-state index is 14.4. The zero-order valence-corrected chi connectivity index (χ0v) is 15.6. The predicted molar refractivity (Wildman–Crippen MR) is 103 cm³/mol. The van der Waals surface area contributed by atoms with Crippen LogP contribution in [0.15, 0.2) is 66.7 Å². The van der Waals surface area contributed by atoms with Gasteiger partial charge in [-0.2, -0.15) is 23.0 Å². The summed E-state index contributed by atoms with van der Waals surface area (Å²) in [6.07, 6.45) is -6.60. The van der Waals surface area contributed by atoms with Crippen molar-refractivity contribution >= 4 is 16.8 Å². The van der Waals surface area contributed by atoms with Gasteiger partial charge in [0, 0.05) is 16.5 Å². The van der Waals surface area contributed by atoms with E-state index in [1.807, 2.05) is 0 Å². The molecule has 0 amide bonds. The number of hydrogen-bond acceptors (Lipinski definition) is 4. The van der Waals surface area contributed by atoms with Crippen LogP contribution in [-0.4, -0.2) is 25.9 Å². The van der Waals surface area contributed by atoms with Crippen molar-refractivity contribution in [3.63, 3.8) is 0 Å². The largest absolute Gasteiger partial charge is 0.417 e. The van der Waals surface area contributed by atoms with Crippen LogP contribution in [-0.2, 0) is 6.18 Å². The van der Waals surface area contributed by atoms with Crippen LogP contribution in [0.5, 0.6) is 0 Å². The summed E-state index contributed by atoms with van der Waals surface area (Å²) in [6, 6.07) is 14.6. The molecule has 0 fully saturated rings. The normalized spacial score (nSPS) is 12.0. The molecule has 0 aliphatic rings. The van der Waals surface area contributed by atoms with Crippen LogP contribution in [0.4, 0.5) is 17.6 Å². The third kappa shape index (κ3) is 3.69.